The van der Waals surface area contributed by atoms with E-state index in [1.165, 1.54) is 10.6 Å². The van der Waals surface area contributed by atoms with Crippen molar-refractivity contribution in [2.45, 2.75) is 0 Å². The molecule has 0 spiro atoms. The van der Waals surface area contributed by atoms with Gasteiger partial charge in [-0.15, -0.1) is 0 Å². The van der Waals surface area contributed by atoms with Crippen LogP contribution in [-0.2, 0) is 0 Å². The first-order chi connectivity index (χ1) is 7.31. The summed E-state index contributed by atoms with van der Waals surface area (Å²) in [6.45, 7) is 0. The molecule has 0 radical (unpaired) electrons. The SMILES string of the molecule is N#Cc1cccc(-n2ccccc2=O)c1. The summed E-state index contributed by atoms with van der Waals surface area (Å²) in [5.74, 6) is 0. The third-order valence-electron chi connectivity index (χ3n) is 2.08. The molecule has 1 aromatic carbocycles. The summed E-state index contributed by atoms with van der Waals surface area (Å²) in [6.07, 6.45) is 1.68. The van der Waals surface area contributed by atoms with Crippen molar-refractivity contribution in [1.82, 2.24) is 4.57 Å². The number of nitrogens with zero attached hydrogens (tertiary/aromatic N) is 2. The van der Waals surface area contributed by atoms with Crippen LogP contribution in [0.4, 0.5) is 0 Å². The largest absolute Gasteiger partial charge is 0.284 e. The quantitative estimate of drug-likeness (QED) is 0.697. The fourth-order valence-corrected chi connectivity index (χ4v) is 1.37. The monoisotopic (exact) mass is 196 g/mol. The minimum absolute atomic E-state index is 0.104. The zero-order chi connectivity index (χ0) is 10.7. The molecule has 0 saturated carbocycles. The van der Waals surface area contributed by atoms with Crippen LogP contribution < -0.4 is 5.56 Å². The van der Waals surface area contributed by atoms with Crippen molar-refractivity contribution in [3.05, 3.63) is 64.6 Å². The van der Waals surface area contributed by atoms with Gasteiger partial charge < -0.3 is 0 Å². The first-order valence-electron chi connectivity index (χ1n) is 4.49. The molecule has 0 atom stereocenters. The first-order valence-corrected chi connectivity index (χ1v) is 4.49. The third-order valence-corrected chi connectivity index (χ3v) is 2.08. The van der Waals surface area contributed by atoms with E-state index >= 15 is 0 Å². The molecule has 0 fully saturated rings. The second-order valence-electron chi connectivity index (χ2n) is 3.07. The minimum Gasteiger partial charge on any atom is -0.284 e. The van der Waals surface area contributed by atoms with Gasteiger partial charge in [0.05, 0.1) is 11.6 Å². The Morgan fingerprint density at radius 1 is 1.13 bits per heavy atom. The van der Waals surface area contributed by atoms with Crippen molar-refractivity contribution in [3.63, 3.8) is 0 Å². The lowest BCUT2D eigenvalue weighted by Gasteiger charge is -2.04. The lowest BCUT2D eigenvalue weighted by molar-refractivity contribution is 0.989. The summed E-state index contributed by atoms with van der Waals surface area (Å²) < 4.78 is 1.50. The van der Waals surface area contributed by atoms with Crippen LogP contribution >= 0.6 is 0 Å². The van der Waals surface area contributed by atoms with Crippen LogP contribution in [0.3, 0.4) is 0 Å². The Hall–Kier alpha value is -2.34. The number of pyridine rings is 1. The zero-order valence-corrected chi connectivity index (χ0v) is 7.92. The van der Waals surface area contributed by atoms with E-state index in [0.717, 1.165) is 0 Å². The van der Waals surface area contributed by atoms with Crippen LogP contribution in [0.15, 0.2) is 53.5 Å². The molecule has 15 heavy (non-hydrogen) atoms. The zero-order valence-electron chi connectivity index (χ0n) is 7.92. The van der Waals surface area contributed by atoms with Gasteiger partial charge in [0, 0.05) is 18.0 Å². The number of nitriles is 1. The van der Waals surface area contributed by atoms with Gasteiger partial charge in [0.15, 0.2) is 0 Å². The van der Waals surface area contributed by atoms with E-state index in [4.69, 9.17) is 5.26 Å². The molecule has 1 heterocycles. The summed E-state index contributed by atoms with van der Waals surface area (Å²) >= 11 is 0. The molecule has 0 bridgehead atoms. The van der Waals surface area contributed by atoms with E-state index in [1.807, 2.05) is 6.07 Å². The van der Waals surface area contributed by atoms with Crippen molar-refractivity contribution in [3.8, 4) is 11.8 Å². The molecule has 2 aromatic rings. The molecule has 0 aliphatic rings. The average molecular weight is 196 g/mol. The first kappa shape index (κ1) is 9.22. The maximum Gasteiger partial charge on any atom is 0.255 e. The predicted molar refractivity (Wildman–Crippen MR) is 56.8 cm³/mol. The standard InChI is InChI=1S/C12H8N2O/c13-9-10-4-3-5-11(8-10)14-7-2-1-6-12(14)15/h1-8H. The van der Waals surface area contributed by atoms with Crippen LogP contribution in [0.5, 0.6) is 0 Å². The molecular weight excluding hydrogens is 188 g/mol. The van der Waals surface area contributed by atoms with E-state index in [-0.39, 0.29) is 5.56 Å². The average Bonchev–Trinajstić information content (AvgIpc) is 2.30. The smallest absolute Gasteiger partial charge is 0.255 e. The second-order valence-corrected chi connectivity index (χ2v) is 3.07. The van der Waals surface area contributed by atoms with Crippen molar-refractivity contribution in [1.29, 1.82) is 5.26 Å². The van der Waals surface area contributed by atoms with Gasteiger partial charge in [-0.25, -0.2) is 0 Å². The van der Waals surface area contributed by atoms with Gasteiger partial charge in [-0.1, -0.05) is 12.1 Å². The van der Waals surface area contributed by atoms with Crippen LogP contribution in [0.2, 0.25) is 0 Å². The molecule has 0 unspecified atom stereocenters. The van der Waals surface area contributed by atoms with Crippen LogP contribution in [0.1, 0.15) is 5.56 Å². The van der Waals surface area contributed by atoms with E-state index in [2.05, 4.69) is 0 Å². The summed E-state index contributed by atoms with van der Waals surface area (Å²) in [6, 6.07) is 13.9. The molecule has 0 N–H and O–H groups in total. The molecule has 1 aromatic heterocycles. The Kier molecular flexibility index (Phi) is 2.34. The van der Waals surface area contributed by atoms with E-state index in [0.29, 0.717) is 11.3 Å². The molecule has 0 amide bonds. The Morgan fingerprint density at radius 3 is 2.73 bits per heavy atom. The molecule has 0 aliphatic heterocycles. The molecule has 3 heteroatoms. The third kappa shape index (κ3) is 1.79. The van der Waals surface area contributed by atoms with Gasteiger partial charge in [0.25, 0.3) is 5.56 Å². The van der Waals surface area contributed by atoms with E-state index < -0.39 is 0 Å². The van der Waals surface area contributed by atoms with Crippen LogP contribution in [0, 0.1) is 11.3 Å². The summed E-state index contributed by atoms with van der Waals surface area (Å²) in [5.41, 5.74) is 1.15. The highest BCUT2D eigenvalue weighted by Crippen LogP contribution is 2.07. The highest BCUT2D eigenvalue weighted by atomic mass is 16.1. The van der Waals surface area contributed by atoms with E-state index in [1.54, 1.807) is 42.6 Å². The van der Waals surface area contributed by atoms with Crippen LogP contribution in [0.25, 0.3) is 5.69 Å². The van der Waals surface area contributed by atoms with Gasteiger partial charge in [0.1, 0.15) is 0 Å². The van der Waals surface area contributed by atoms with Gasteiger partial charge >= 0.3 is 0 Å². The predicted octanol–water partition coefficient (Wildman–Crippen LogP) is 1.71. The highest BCUT2D eigenvalue weighted by molar-refractivity contribution is 5.41. The number of benzene rings is 1. The topological polar surface area (TPSA) is 45.8 Å². The highest BCUT2D eigenvalue weighted by Gasteiger charge is 1.98. The number of rotatable bonds is 1. The van der Waals surface area contributed by atoms with Gasteiger partial charge in [-0.2, -0.15) is 5.26 Å². The van der Waals surface area contributed by atoms with Crippen molar-refractivity contribution < 1.29 is 0 Å². The lowest BCUT2D eigenvalue weighted by atomic mass is 10.2. The van der Waals surface area contributed by atoms with E-state index in [9.17, 15) is 4.79 Å². The molecule has 72 valence electrons. The maximum absolute atomic E-state index is 11.5. The maximum atomic E-state index is 11.5. The van der Waals surface area contributed by atoms with Crippen molar-refractivity contribution in [2.75, 3.05) is 0 Å². The Balaban J connectivity index is 2.61. The molecule has 0 aliphatic carbocycles. The van der Waals surface area contributed by atoms with Gasteiger partial charge in [-0.3, -0.25) is 9.36 Å². The summed E-state index contributed by atoms with van der Waals surface area (Å²) in [5, 5.41) is 8.74. The second kappa shape index (κ2) is 3.81. The summed E-state index contributed by atoms with van der Waals surface area (Å²) in [7, 11) is 0. The molecule has 2 rings (SSSR count). The number of hydrogen-bond acceptors (Lipinski definition) is 2. The lowest BCUT2D eigenvalue weighted by Crippen LogP contribution is -2.15. The molecular formula is C12H8N2O. The fraction of sp³-hybridized carbons (Fsp3) is 0. The number of aromatic nitrogens is 1. The Morgan fingerprint density at radius 2 is 2.00 bits per heavy atom. The Bertz CT molecular complexity index is 578. The molecule has 3 nitrogen and oxygen atoms in total. The van der Waals surface area contributed by atoms with Crippen molar-refractivity contribution >= 4 is 0 Å². The number of hydrogen-bond donors (Lipinski definition) is 0. The minimum atomic E-state index is -0.104. The van der Waals surface area contributed by atoms with Gasteiger partial charge in [0.2, 0.25) is 0 Å². The summed E-state index contributed by atoms with van der Waals surface area (Å²) in [4.78, 5) is 11.5. The normalized spacial score (nSPS) is 9.53. The molecule has 0 saturated heterocycles. The fourth-order valence-electron chi connectivity index (χ4n) is 1.37. The van der Waals surface area contributed by atoms with Gasteiger partial charge in [-0.05, 0) is 24.3 Å². The van der Waals surface area contributed by atoms with Crippen molar-refractivity contribution in [2.24, 2.45) is 0 Å². The Labute approximate surface area is 86.8 Å². The van der Waals surface area contributed by atoms with Crippen LogP contribution in [-0.4, -0.2) is 4.57 Å².